The van der Waals surface area contributed by atoms with Crippen LogP contribution in [0.5, 0.6) is 0 Å². The molecule has 4 heteroatoms. The number of nitrogens with one attached hydrogen (secondary N) is 1. The van der Waals surface area contributed by atoms with Gasteiger partial charge in [-0.15, -0.1) is 0 Å². The zero-order chi connectivity index (χ0) is 19.0. The summed E-state index contributed by atoms with van der Waals surface area (Å²) in [5.74, 6) is 0.660. The highest BCUT2D eigenvalue weighted by Gasteiger charge is 2.22. The number of H-pyrrole nitrogens is 1. The van der Waals surface area contributed by atoms with Crippen LogP contribution < -0.4 is 5.56 Å². The highest BCUT2D eigenvalue weighted by atomic mass is 16.1. The molecule has 27 heavy (non-hydrogen) atoms. The molecule has 1 aliphatic rings. The van der Waals surface area contributed by atoms with Gasteiger partial charge in [0.25, 0.3) is 5.56 Å². The first-order valence-electron chi connectivity index (χ1n) is 9.48. The number of fused-ring (bicyclic) bond motifs is 1. The highest BCUT2D eigenvalue weighted by molar-refractivity contribution is 5.55. The van der Waals surface area contributed by atoms with Crippen molar-refractivity contribution in [1.82, 2.24) is 14.9 Å². The maximum Gasteiger partial charge on any atom is 0.254 e. The average molecular weight is 359 g/mol. The summed E-state index contributed by atoms with van der Waals surface area (Å²) >= 11 is 0. The summed E-state index contributed by atoms with van der Waals surface area (Å²) in [5.41, 5.74) is 7.91. The zero-order valence-electron chi connectivity index (χ0n) is 16.2. The number of aryl methyl sites for hydroxylation is 2. The second-order valence-electron chi connectivity index (χ2n) is 7.53. The number of hydrogen-bond donors (Lipinski definition) is 1. The second kappa shape index (κ2) is 7.12. The van der Waals surface area contributed by atoms with Gasteiger partial charge in [0.05, 0.1) is 5.69 Å². The Hall–Kier alpha value is -2.72. The van der Waals surface area contributed by atoms with E-state index in [0.29, 0.717) is 12.4 Å². The van der Waals surface area contributed by atoms with E-state index in [-0.39, 0.29) is 5.56 Å². The van der Waals surface area contributed by atoms with Crippen LogP contribution in [0, 0.1) is 20.8 Å². The SMILES string of the molecule is Cc1ccc(-c2nc3c(c(=O)[nH]2)CCN(Cc2cccc(C)c2C)C3)cc1. The second-order valence-corrected chi connectivity index (χ2v) is 7.53. The van der Waals surface area contributed by atoms with Gasteiger partial charge in [-0.2, -0.15) is 0 Å². The topological polar surface area (TPSA) is 49.0 Å². The average Bonchev–Trinajstić information content (AvgIpc) is 2.66. The van der Waals surface area contributed by atoms with E-state index >= 15 is 0 Å². The minimum atomic E-state index is 0.00182. The predicted octanol–water partition coefficient (Wildman–Crippen LogP) is 3.92. The molecule has 0 bridgehead atoms. The summed E-state index contributed by atoms with van der Waals surface area (Å²) in [4.78, 5) is 22.7. The van der Waals surface area contributed by atoms with Crippen LogP contribution in [0.1, 0.15) is 33.5 Å². The Bertz CT molecular complexity index is 1030. The largest absolute Gasteiger partial charge is 0.306 e. The molecule has 2 heterocycles. The van der Waals surface area contributed by atoms with Gasteiger partial charge < -0.3 is 4.98 Å². The fraction of sp³-hybridized carbons (Fsp3) is 0.304. The minimum absolute atomic E-state index is 0.00182. The van der Waals surface area contributed by atoms with Crippen LogP contribution in [0.2, 0.25) is 0 Å². The van der Waals surface area contributed by atoms with E-state index in [1.807, 2.05) is 24.3 Å². The lowest BCUT2D eigenvalue weighted by atomic mass is 10.0. The van der Waals surface area contributed by atoms with Gasteiger partial charge in [0.1, 0.15) is 5.82 Å². The fourth-order valence-electron chi connectivity index (χ4n) is 3.70. The smallest absolute Gasteiger partial charge is 0.254 e. The van der Waals surface area contributed by atoms with E-state index in [0.717, 1.165) is 36.3 Å². The molecule has 3 aromatic rings. The molecule has 0 radical (unpaired) electrons. The number of hydrogen-bond acceptors (Lipinski definition) is 3. The van der Waals surface area contributed by atoms with Gasteiger partial charge in [-0.3, -0.25) is 9.69 Å². The molecule has 0 unspecified atom stereocenters. The maximum absolute atomic E-state index is 12.6. The Balaban J connectivity index is 1.62. The molecular formula is C23H25N3O. The molecule has 1 N–H and O–H groups in total. The van der Waals surface area contributed by atoms with Crippen molar-refractivity contribution in [2.45, 2.75) is 40.3 Å². The number of nitrogens with zero attached hydrogens (tertiary/aromatic N) is 2. The van der Waals surface area contributed by atoms with Crippen molar-refractivity contribution in [3.05, 3.63) is 86.3 Å². The van der Waals surface area contributed by atoms with Gasteiger partial charge in [0, 0.05) is 30.8 Å². The molecular weight excluding hydrogens is 334 g/mol. The van der Waals surface area contributed by atoms with Gasteiger partial charge in [-0.05, 0) is 43.9 Å². The van der Waals surface area contributed by atoms with Crippen molar-refractivity contribution >= 4 is 0 Å². The van der Waals surface area contributed by atoms with E-state index in [4.69, 9.17) is 4.98 Å². The van der Waals surface area contributed by atoms with Crippen LogP contribution in [0.4, 0.5) is 0 Å². The minimum Gasteiger partial charge on any atom is -0.306 e. The molecule has 0 fully saturated rings. The Labute approximate surface area is 159 Å². The van der Waals surface area contributed by atoms with E-state index in [9.17, 15) is 4.79 Å². The number of benzene rings is 2. The van der Waals surface area contributed by atoms with E-state index in [1.165, 1.54) is 22.3 Å². The summed E-state index contributed by atoms with van der Waals surface area (Å²) in [6, 6.07) is 14.6. The van der Waals surface area contributed by atoms with Crippen molar-refractivity contribution in [2.75, 3.05) is 6.54 Å². The van der Waals surface area contributed by atoms with Crippen LogP contribution in [-0.2, 0) is 19.5 Å². The zero-order valence-corrected chi connectivity index (χ0v) is 16.2. The van der Waals surface area contributed by atoms with Crippen molar-refractivity contribution in [3.63, 3.8) is 0 Å². The first-order chi connectivity index (χ1) is 13.0. The van der Waals surface area contributed by atoms with E-state index in [1.54, 1.807) is 0 Å². The molecule has 4 nitrogen and oxygen atoms in total. The van der Waals surface area contributed by atoms with Gasteiger partial charge in [-0.1, -0.05) is 48.0 Å². The summed E-state index contributed by atoms with van der Waals surface area (Å²) < 4.78 is 0. The molecule has 0 atom stereocenters. The monoisotopic (exact) mass is 359 g/mol. The quantitative estimate of drug-likeness (QED) is 0.771. The van der Waals surface area contributed by atoms with Crippen molar-refractivity contribution in [2.24, 2.45) is 0 Å². The predicted molar refractivity (Wildman–Crippen MR) is 109 cm³/mol. The van der Waals surface area contributed by atoms with Gasteiger partial charge in [0.2, 0.25) is 0 Å². The molecule has 0 amide bonds. The molecule has 0 saturated carbocycles. The van der Waals surface area contributed by atoms with Crippen molar-refractivity contribution in [3.8, 4) is 11.4 Å². The highest BCUT2D eigenvalue weighted by Crippen LogP contribution is 2.22. The molecule has 0 saturated heterocycles. The molecule has 0 aliphatic carbocycles. The van der Waals surface area contributed by atoms with E-state index in [2.05, 4.69) is 48.9 Å². The van der Waals surface area contributed by atoms with Crippen LogP contribution in [0.3, 0.4) is 0 Å². The molecule has 138 valence electrons. The summed E-state index contributed by atoms with van der Waals surface area (Å²) in [5, 5.41) is 0. The van der Waals surface area contributed by atoms with Crippen LogP contribution in [0.25, 0.3) is 11.4 Å². The molecule has 0 spiro atoms. The first-order valence-corrected chi connectivity index (χ1v) is 9.48. The normalized spacial score (nSPS) is 14.2. The van der Waals surface area contributed by atoms with Gasteiger partial charge in [0.15, 0.2) is 0 Å². The Morgan fingerprint density at radius 2 is 1.85 bits per heavy atom. The standard InChI is InChI=1S/C23H25N3O/c1-15-7-9-18(10-8-15)22-24-21-14-26(12-11-20(21)23(27)25-22)13-19-6-4-5-16(2)17(19)3/h4-10H,11-14H2,1-3H3,(H,24,25,27). The van der Waals surface area contributed by atoms with Crippen molar-refractivity contribution < 1.29 is 0 Å². The van der Waals surface area contributed by atoms with E-state index < -0.39 is 0 Å². The lowest BCUT2D eigenvalue weighted by molar-refractivity contribution is 0.240. The number of aromatic nitrogens is 2. The Morgan fingerprint density at radius 1 is 1.07 bits per heavy atom. The Morgan fingerprint density at radius 3 is 2.63 bits per heavy atom. The van der Waals surface area contributed by atoms with Crippen LogP contribution >= 0.6 is 0 Å². The lowest BCUT2D eigenvalue weighted by Gasteiger charge is -2.28. The number of rotatable bonds is 3. The molecule has 2 aromatic carbocycles. The molecule has 1 aliphatic heterocycles. The number of aromatic amines is 1. The van der Waals surface area contributed by atoms with Gasteiger partial charge >= 0.3 is 0 Å². The maximum atomic E-state index is 12.6. The summed E-state index contributed by atoms with van der Waals surface area (Å²) in [6.07, 6.45) is 0.747. The Kier molecular flexibility index (Phi) is 4.66. The third kappa shape index (κ3) is 3.58. The summed E-state index contributed by atoms with van der Waals surface area (Å²) in [6.45, 7) is 8.88. The van der Waals surface area contributed by atoms with Gasteiger partial charge in [-0.25, -0.2) is 4.98 Å². The third-order valence-electron chi connectivity index (χ3n) is 5.59. The third-order valence-corrected chi connectivity index (χ3v) is 5.59. The molecule has 4 rings (SSSR count). The first kappa shape index (κ1) is 17.7. The lowest BCUT2D eigenvalue weighted by Crippen LogP contribution is -2.35. The van der Waals surface area contributed by atoms with Crippen LogP contribution in [-0.4, -0.2) is 21.4 Å². The van der Waals surface area contributed by atoms with Crippen molar-refractivity contribution in [1.29, 1.82) is 0 Å². The van der Waals surface area contributed by atoms with Crippen LogP contribution in [0.15, 0.2) is 47.3 Å². The molecule has 1 aromatic heterocycles. The fourth-order valence-corrected chi connectivity index (χ4v) is 3.70. The summed E-state index contributed by atoms with van der Waals surface area (Å²) in [7, 11) is 0.